The van der Waals surface area contributed by atoms with Gasteiger partial charge in [-0.2, -0.15) is 0 Å². The van der Waals surface area contributed by atoms with Gasteiger partial charge in [-0.15, -0.1) is 11.8 Å². The van der Waals surface area contributed by atoms with Gasteiger partial charge in [0.25, 0.3) is 5.91 Å². The molecule has 0 saturated heterocycles. The van der Waals surface area contributed by atoms with Gasteiger partial charge in [-0.3, -0.25) is 4.79 Å². The third-order valence-electron chi connectivity index (χ3n) is 4.58. The molecule has 0 saturated carbocycles. The Labute approximate surface area is 168 Å². The van der Waals surface area contributed by atoms with E-state index < -0.39 is 0 Å². The molecule has 1 aromatic heterocycles. The molecule has 0 bridgehead atoms. The van der Waals surface area contributed by atoms with Crippen molar-refractivity contribution in [1.29, 1.82) is 0 Å². The normalized spacial score (nSPS) is 11.9. The van der Waals surface area contributed by atoms with Gasteiger partial charge in [-0.1, -0.05) is 24.3 Å². The molecule has 28 heavy (non-hydrogen) atoms. The van der Waals surface area contributed by atoms with Crippen LogP contribution < -0.4 is 5.32 Å². The van der Waals surface area contributed by atoms with Crippen LogP contribution in [0.5, 0.6) is 0 Å². The standard InChI is InChI=1S/C22H22FN3OS/c1-13-7-5-6-8-18(13)14(2)25-21(27)19-15(3)24-20(26-22(19)28-4)16-9-11-17(23)12-10-16/h5-12,14H,1-4H3,(H,25,27). The highest BCUT2D eigenvalue weighted by molar-refractivity contribution is 7.98. The number of nitrogens with zero attached hydrogens (tertiary/aromatic N) is 2. The van der Waals surface area contributed by atoms with Crippen molar-refractivity contribution in [2.24, 2.45) is 0 Å². The second kappa shape index (κ2) is 8.52. The number of rotatable bonds is 5. The Morgan fingerprint density at radius 3 is 2.39 bits per heavy atom. The van der Waals surface area contributed by atoms with Crippen molar-refractivity contribution >= 4 is 17.7 Å². The van der Waals surface area contributed by atoms with E-state index in [0.717, 1.165) is 11.1 Å². The first kappa shape index (κ1) is 20.0. The molecule has 0 radical (unpaired) electrons. The van der Waals surface area contributed by atoms with Gasteiger partial charge in [0, 0.05) is 5.56 Å². The number of aromatic nitrogens is 2. The lowest BCUT2D eigenvalue weighted by molar-refractivity contribution is 0.0935. The number of amides is 1. The van der Waals surface area contributed by atoms with E-state index in [1.54, 1.807) is 19.1 Å². The molecule has 1 atom stereocenters. The maximum absolute atomic E-state index is 13.2. The van der Waals surface area contributed by atoms with Crippen molar-refractivity contribution in [2.75, 3.05) is 6.26 Å². The summed E-state index contributed by atoms with van der Waals surface area (Å²) in [6, 6.07) is 13.8. The van der Waals surface area contributed by atoms with Crippen LogP contribution in [0.15, 0.2) is 53.6 Å². The highest BCUT2D eigenvalue weighted by atomic mass is 32.2. The van der Waals surface area contributed by atoms with Crippen LogP contribution in [0.1, 0.15) is 40.1 Å². The lowest BCUT2D eigenvalue weighted by Gasteiger charge is -2.18. The molecule has 0 aliphatic carbocycles. The molecule has 0 aliphatic rings. The molecule has 1 unspecified atom stereocenters. The van der Waals surface area contributed by atoms with Crippen LogP contribution in [0.25, 0.3) is 11.4 Å². The van der Waals surface area contributed by atoms with Gasteiger partial charge < -0.3 is 5.32 Å². The summed E-state index contributed by atoms with van der Waals surface area (Å²) in [6.07, 6.45) is 1.87. The Kier molecular flexibility index (Phi) is 6.09. The molecule has 4 nitrogen and oxygen atoms in total. The summed E-state index contributed by atoms with van der Waals surface area (Å²) in [5.74, 6) is -0.0413. The lowest BCUT2D eigenvalue weighted by atomic mass is 10.0. The zero-order chi connectivity index (χ0) is 20.3. The molecule has 2 aromatic carbocycles. The molecule has 1 amide bonds. The average molecular weight is 396 g/mol. The molecule has 3 aromatic rings. The first-order valence-corrected chi connectivity index (χ1v) is 10.2. The molecule has 1 N–H and O–H groups in total. The van der Waals surface area contributed by atoms with Crippen molar-refractivity contribution in [1.82, 2.24) is 15.3 Å². The minimum Gasteiger partial charge on any atom is -0.345 e. The fourth-order valence-electron chi connectivity index (χ4n) is 3.10. The maximum Gasteiger partial charge on any atom is 0.256 e. The van der Waals surface area contributed by atoms with E-state index in [4.69, 9.17) is 0 Å². The van der Waals surface area contributed by atoms with E-state index >= 15 is 0 Å². The average Bonchev–Trinajstić information content (AvgIpc) is 2.67. The van der Waals surface area contributed by atoms with Crippen LogP contribution in [0, 0.1) is 19.7 Å². The number of benzene rings is 2. The van der Waals surface area contributed by atoms with Crippen LogP contribution in [-0.2, 0) is 0 Å². The summed E-state index contributed by atoms with van der Waals surface area (Å²) in [5.41, 5.74) is 3.97. The van der Waals surface area contributed by atoms with E-state index in [0.29, 0.717) is 27.7 Å². The van der Waals surface area contributed by atoms with E-state index in [1.165, 1.54) is 23.9 Å². The van der Waals surface area contributed by atoms with Gasteiger partial charge >= 0.3 is 0 Å². The van der Waals surface area contributed by atoms with E-state index in [-0.39, 0.29) is 17.8 Å². The highest BCUT2D eigenvalue weighted by Gasteiger charge is 2.21. The van der Waals surface area contributed by atoms with Gasteiger partial charge in [0.05, 0.1) is 17.3 Å². The number of hydrogen-bond acceptors (Lipinski definition) is 4. The first-order valence-electron chi connectivity index (χ1n) is 8.95. The summed E-state index contributed by atoms with van der Waals surface area (Å²) in [5, 5.41) is 3.65. The fourth-order valence-corrected chi connectivity index (χ4v) is 3.73. The smallest absolute Gasteiger partial charge is 0.256 e. The fraction of sp³-hybridized carbons (Fsp3) is 0.227. The summed E-state index contributed by atoms with van der Waals surface area (Å²) in [7, 11) is 0. The number of carbonyl (C=O) groups is 1. The molecular formula is C22H22FN3OS. The Balaban J connectivity index is 1.91. The summed E-state index contributed by atoms with van der Waals surface area (Å²) in [4.78, 5) is 22.0. The van der Waals surface area contributed by atoms with E-state index in [1.807, 2.05) is 44.4 Å². The largest absolute Gasteiger partial charge is 0.345 e. The van der Waals surface area contributed by atoms with E-state index in [2.05, 4.69) is 15.3 Å². The second-order valence-corrected chi connectivity index (χ2v) is 7.37. The Morgan fingerprint density at radius 1 is 1.07 bits per heavy atom. The van der Waals surface area contributed by atoms with E-state index in [9.17, 15) is 9.18 Å². The lowest BCUT2D eigenvalue weighted by Crippen LogP contribution is -2.29. The number of nitrogens with one attached hydrogen (secondary N) is 1. The van der Waals surface area contributed by atoms with Gasteiger partial charge in [-0.25, -0.2) is 14.4 Å². The summed E-state index contributed by atoms with van der Waals surface area (Å²) in [6.45, 7) is 5.78. The van der Waals surface area contributed by atoms with Crippen LogP contribution in [-0.4, -0.2) is 22.1 Å². The number of hydrogen-bond donors (Lipinski definition) is 1. The third kappa shape index (κ3) is 4.22. The van der Waals surface area contributed by atoms with Crippen molar-refractivity contribution in [2.45, 2.75) is 31.8 Å². The predicted octanol–water partition coefficient (Wildman–Crippen LogP) is 5.11. The number of aryl methyl sites for hydroxylation is 2. The molecule has 6 heteroatoms. The van der Waals surface area contributed by atoms with Crippen molar-refractivity contribution in [3.63, 3.8) is 0 Å². The number of thioether (sulfide) groups is 1. The first-order chi connectivity index (χ1) is 13.4. The monoisotopic (exact) mass is 395 g/mol. The molecular weight excluding hydrogens is 373 g/mol. The van der Waals surface area contributed by atoms with Crippen molar-refractivity contribution in [3.05, 3.63) is 76.7 Å². The maximum atomic E-state index is 13.2. The van der Waals surface area contributed by atoms with Gasteiger partial charge in [0.1, 0.15) is 10.8 Å². The highest BCUT2D eigenvalue weighted by Crippen LogP contribution is 2.26. The Hall–Kier alpha value is -2.73. The van der Waals surface area contributed by atoms with Crippen LogP contribution in [0.2, 0.25) is 0 Å². The Morgan fingerprint density at radius 2 is 1.75 bits per heavy atom. The molecule has 0 fully saturated rings. The van der Waals surface area contributed by atoms with Gasteiger partial charge in [-0.05, 0) is 62.4 Å². The van der Waals surface area contributed by atoms with Crippen LogP contribution in [0.3, 0.4) is 0 Å². The summed E-state index contributed by atoms with van der Waals surface area (Å²) >= 11 is 1.39. The van der Waals surface area contributed by atoms with Crippen molar-refractivity contribution < 1.29 is 9.18 Å². The van der Waals surface area contributed by atoms with Gasteiger partial charge in [0.15, 0.2) is 5.82 Å². The molecule has 144 valence electrons. The van der Waals surface area contributed by atoms with Crippen molar-refractivity contribution in [3.8, 4) is 11.4 Å². The number of carbonyl (C=O) groups excluding carboxylic acids is 1. The number of halogens is 1. The van der Waals surface area contributed by atoms with Gasteiger partial charge in [0.2, 0.25) is 0 Å². The minimum atomic E-state index is -0.313. The molecule has 0 spiro atoms. The zero-order valence-corrected chi connectivity index (χ0v) is 17.1. The zero-order valence-electron chi connectivity index (χ0n) is 16.3. The summed E-state index contributed by atoms with van der Waals surface area (Å²) < 4.78 is 13.2. The molecule has 1 heterocycles. The van der Waals surface area contributed by atoms with Crippen LogP contribution in [0.4, 0.5) is 4.39 Å². The quantitative estimate of drug-likeness (QED) is 0.482. The van der Waals surface area contributed by atoms with Crippen LogP contribution >= 0.6 is 11.8 Å². The Bertz CT molecular complexity index is 1010. The third-order valence-corrected chi connectivity index (χ3v) is 5.26. The molecule has 0 aliphatic heterocycles. The minimum absolute atomic E-state index is 0.139. The SMILES string of the molecule is CSc1nc(-c2ccc(F)cc2)nc(C)c1C(=O)NC(C)c1ccccc1C. The second-order valence-electron chi connectivity index (χ2n) is 6.58. The predicted molar refractivity (Wildman–Crippen MR) is 111 cm³/mol. The molecule has 3 rings (SSSR count). The topological polar surface area (TPSA) is 54.9 Å².